The molecule has 2 unspecified atom stereocenters. The van der Waals surface area contributed by atoms with Crippen LogP contribution in [-0.2, 0) is 4.74 Å². The summed E-state index contributed by atoms with van der Waals surface area (Å²) in [6, 6.07) is 9.87. The molecule has 1 heterocycles. The largest absolute Gasteiger partial charge is 0.379 e. The Labute approximate surface area is 109 Å². The summed E-state index contributed by atoms with van der Waals surface area (Å²) in [5, 5.41) is 0. The number of rotatable bonds is 4. The molecule has 1 fully saturated rings. The fraction of sp³-hybridized carbons (Fsp3) is 0.533. The Kier molecular flexibility index (Phi) is 4.50. The second-order valence-corrected chi connectivity index (χ2v) is 4.82. The first kappa shape index (κ1) is 13.2. The van der Waals surface area contributed by atoms with Gasteiger partial charge in [-0.05, 0) is 13.3 Å². The van der Waals surface area contributed by atoms with Crippen LogP contribution in [0.2, 0.25) is 0 Å². The molecule has 0 saturated carbocycles. The van der Waals surface area contributed by atoms with Crippen LogP contribution in [0.5, 0.6) is 0 Å². The lowest BCUT2D eigenvalue weighted by molar-refractivity contribution is -0.0181. The van der Waals surface area contributed by atoms with Crippen molar-refractivity contribution >= 4 is 5.78 Å². The number of hydrogen-bond donors (Lipinski definition) is 0. The number of nitrogens with zero attached hydrogens (tertiary/aromatic N) is 1. The average Bonchev–Trinajstić information content (AvgIpc) is 2.42. The summed E-state index contributed by atoms with van der Waals surface area (Å²) >= 11 is 0. The minimum atomic E-state index is -0.0219. The zero-order valence-electron chi connectivity index (χ0n) is 11.1. The Morgan fingerprint density at radius 2 is 2.17 bits per heavy atom. The fourth-order valence-electron chi connectivity index (χ4n) is 2.57. The average molecular weight is 247 g/mol. The van der Waals surface area contributed by atoms with Crippen molar-refractivity contribution in [1.82, 2.24) is 4.90 Å². The molecule has 98 valence electrons. The van der Waals surface area contributed by atoms with Gasteiger partial charge in [-0.1, -0.05) is 37.3 Å². The van der Waals surface area contributed by atoms with Crippen molar-refractivity contribution in [2.45, 2.75) is 32.4 Å². The highest BCUT2D eigenvalue weighted by Gasteiger charge is 2.30. The molecule has 1 aromatic rings. The molecule has 0 aliphatic carbocycles. The van der Waals surface area contributed by atoms with Crippen LogP contribution < -0.4 is 0 Å². The first-order valence-electron chi connectivity index (χ1n) is 6.66. The van der Waals surface area contributed by atoms with Crippen molar-refractivity contribution in [3.05, 3.63) is 35.9 Å². The van der Waals surface area contributed by atoms with E-state index in [0.717, 1.165) is 31.7 Å². The first-order valence-corrected chi connectivity index (χ1v) is 6.66. The van der Waals surface area contributed by atoms with Crippen LogP contribution >= 0.6 is 0 Å². The molecule has 2 atom stereocenters. The number of morpholine rings is 1. The summed E-state index contributed by atoms with van der Waals surface area (Å²) < 4.78 is 5.44. The van der Waals surface area contributed by atoms with E-state index in [2.05, 4.69) is 18.7 Å². The van der Waals surface area contributed by atoms with Crippen LogP contribution in [0.25, 0.3) is 0 Å². The van der Waals surface area contributed by atoms with E-state index in [0.29, 0.717) is 6.04 Å². The van der Waals surface area contributed by atoms with Crippen LogP contribution in [0.15, 0.2) is 30.3 Å². The molecule has 0 amide bonds. The van der Waals surface area contributed by atoms with Gasteiger partial charge in [0.25, 0.3) is 0 Å². The van der Waals surface area contributed by atoms with Crippen molar-refractivity contribution in [3.8, 4) is 0 Å². The zero-order chi connectivity index (χ0) is 13.0. The van der Waals surface area contributed by atoms with Crippen molar-refractivity contribution in [2.24, 2.45) is 0 Å². The molecule has 0 spiro atoms. The van der Waals surface area contributed by atoms with E-state index in [1.165, 1.54) is 0 Å². The summed E-state index contributed by atoms with van der Waals surface area (Å²) in [5.41, 5.74) is 0.808. The third-order valence-corrected chi connectivity index (χ3v) is 3.57. The molecule has 0 N–H and O–H groups in total. The molecular weight excluding hydrogens is 226 g/mol. The van der Waals surface area contributed by atoms with Gasteiger partial charge in [-0.3, -0.25) is 9.69 Å². The van der Waals surface area contributed by atoms with Crippen LogP contribution in [0.3, 0.4) is 0 Å². The molecule has 1 saturated heterocycles. The van der Waals surface area contributed by atoms with Crippen LogP contribution in [0, 0.1) is 0 Å². The molecule has 0 aromatic heterocycles. The predicted octanol–water partition coefficient (Wildman–Crippen LogP) is 2.37. The monoisotopic (exact) mass is 247 g/mol. The summed E-state index contributed by atoms with van der Waals surface area (Å²) in [5.74, 6) is 0.229. The lowest BCUT2D eigenvalue weighted by Gasteiger charge is -2.38. The molecule has 2 rings (SSSR count). The lowest BCUT2D eigenvalue weighted by Crippen LogP contribution is -2.52. The molecule has 18 heavy (non-hydrogen) atoms. The molecule has 1 aromatic carbocycles. The van der Waals surface area contributed by atoms with Crippen molar-refractivity contribution in [3.63, 3.8) is 0 Å². The third-order valence-electron chi connectivity index (χ3n) is 3.57. The SMILES string of the molecule is CCC(C(=O)c1ccccc1)N1CCOCC1C. The van der Waals surface area contributed by atoms with E-state index in [1.807, 2.05) is 30.3 Å². The molecule has 1 aliphatic heterocycles. The molecular formula is C15H21NO2. The topological polar surface area (TPSA) is 29.5 Å². The summed E-state index contributed by atoms with van der Waals surface area (Å²) in [4.78, 5) is 14.8. The van der Waals surface area contributed by atoms with Crippen LogP contribution in [0.1, 0.15) is 30.6 Å². The van der Waals surface area contributed by atoms with E-state index >= 15 is 0 Å². The van der Waals surface area contributed by atoms with Gasteiger partial charge in [0.15, 0.2) is 5.78 Å². The third kappa shape index (κ3) is 2.79. The van der Waals surface area contributed by atoms with Gasteiger partial charge in [-0.15, -0.1) is 0 Å². The molecule has 1 aliphatic rings. The van der Waals surface area contributed by atoms with Crippen LogP contribution in [0.4, 0.5) is 0 Å². The van der Waals surface area contributed by atoms with E-state index in [1.54, 1.807) is 0 Å². The minimum Gasteiger partial charge on any atom is -0.379 e. The number of benzene rings is 1. The van der Waals surface area contributed by atoms with E-state index < -0.39 is 0 Å². The first-order chi connectivity index (χ1) is 8.74. The number of hydrogen-bond acceptors (Lipinski definition) is 3. The fourth-order valence-corrected chi connectivity index (χ4v) is 2.57. The van der Waals surface area contributed by atoms with Gasteiger partial charge in [-0.25, -0.2) is 0 Å². The maximum Gasteiger partial charge on any atom is 0.179 e. The lowest BCUT2D eigenvalue weighted by atomic mass is 9.99. The molecule has 0 radical (unpaired) electrons. The van der Waals surface area contributed by atoms with Crippen molar-refractivity contribution in [2.75, 3.05) is 19.8 Å². The van der Waals surface area contributed by atoms with Crippen molar-refractivity contribution < 1.29 is 9.53 Å². The number of ketones is 1. The van der Waals surface area contributed by atoms with Gasteiger partial charge in [-0.2, -0.15) is 0 Å². The molecule has 3 heteroatoms. The standard InChI is InChI=1S/C15H21NO2/c1-3-14(16-9-10-18-11-12(16)2)15(17)13-7-5-4-6-8-13/h4-8,12,14H,3,9-11H2,1-2H3. The number of carbonyl (C=O) groups excluding carboxylic acids is 1. The Bertz CT molecular complexity index is 391. The van der Waals surface area contributed by atoms with Gasteiger partial charge >= 0.3 is 0 Å². The van der Waals surface area contributed by atoms with Gasteiger partial charge in [0.1, 0.15) is 0 Å². The number of Topliss-reactive ketones (excluding diaryl/α,β-unsaturated/α-hetero) is 1. The molecule has 3 nitrogen and oxygen atoms in total. The zero-order valence-corrected chi connectivity index (χ0v) is 11.1. The highest BCUT2D eigenvalue weighted by molar-refractivity contribution is 6.00. The second-order valence-electron chi connectivity index (χ2n) is 4.82. The van der Waals surface area contributed by atoms with Crippen molar-refractivity contribution in [1.29, 1.82) is 0 Å². The Balaban J connectivity index is 2.15. The highest BCUT2D eigenvalue weighted by atomic mass is 16.5. The maximum absolute atomic E-state index is 12.5. The summed E-state index contributed by atoms with van der Waals surface area (Å²) in [7, 11) is 0. The van der Waals surface area contributed by atoms with Gasteiger partial charge in [0, 0.05) is 18.2 Å². The Hall–Kier alpha value is -1.19. The van der Waals surface area contributed by atoms with Gasteiger partial charge < -0.3 is 4.74 Å². The Morgan fingerprint density at radius 1 is 1.44 bits per heavy atom. The predicted molar refractivity (Wildman–Crippen MR) is 71.8 cm³/mol. The normalized spacial score (nSPS) is 22.7. The number of ether oxygens (including phenoxy) is 1. The summed E-state index contributed by atoms with van der Waals surface area (Å²) in [6.07, 6.45) is 0.845. The van der Waals surface area contributed by atoms with Gasteiger partial charge in [0.2, 0.25) is 0 Å². The van der Waals surface area contributed by atoms with E-state index in [9.17, 15) is 4.79 Å². The second kappa shape index (κ2) is 6.12. The van der Waals surface area contributed by atoms with E-state index in [-0.39, 0.29) is 11.8 Å². The highest BCUT2D eigenvalue weighted by Crippen LogP contribution is 2.17. The van der Waals surface area contributed by atoms with Gasteiger partial charge in [0.05, 0.1) is 19.3 Å². The van der Waals surface area contributed by atoms with Crippen LogP contribution in [-0.4, -0.2) is 42.5 Å². The van der Waals surface area contributed by atoms with E-state index in [4.69, 9.17) is 4.74 Å². The minimum absolute atomic E-state index is 0.0219. The quantitative estimate of drug-likeness (QED) is 0.765. The smallest absolute Gasteiger partial charge is 0.179 e. The number of carbonyl (C=O) groups is 1. The summed E-state index contributed by atoms with van der Waals surface area (Å²) in [6.45, 7) is 6.49. The maximum atomic E-state index is 12.5. The Morgan fingerprint density at radius 3 is 2.78 bits per heavy atom. The molecule has 0 bridgehead atoms.